The number of carbonyl (C=O) groups excluding carboxylic acids is 1. The zero-order valence-corrected chi connectivity index (χ0v) is 12.0. The first-order valence-corrected chi connectivity index (χ1v) is 6.81. The van der Waals surface area contributed by atoms with E-state index >= 15 is 0 Å². The molecule has 136 valence electrons. The van der Waals surface area contributed by atoms with Crippen LogP contribution in [0, 0.1) is 0 Å². The van der Waals surface area contributed by atoms with Gasteiger partial charge < -0.3 is 55.1 Å². The van der Waals surface area contributed by atoms with Crippen molar-refractivity contribution in [2.24, 2.45) is 0 Å². The minimum Gasteiger partial charge on any atom is -0.394 e. The van der Waals surface area contributed by atoms with Crippen molar-refractivity contribution < 1.29 is 55.1 Å². The molecule has 8 N–H and O–H groups in total. The summed E-state index contributed by atoms with van der Waals surface area (Å²) in [6.45, 7) is -2.39. The number of carbonyl (C=O) groups is 1. The van der Waals surface area contributed by atoms with Crippen molar-refractivity contribution in [1.29, 1.82) is 0 Å². The molecule has 1 heterocycles. The van der Waals surface area contributed by atoms with E-state index in [4.69, 9.17) is 19.7 Å². The summed E-state index contributed by atoms with van der Waals surface area (Å²) >= 11 is 0. The first kappa shape index (κ1) is 20.3. The summed E-state index contributed by atoms with van der Waals surface area (Å²) in [7, 11) is 0. The van der Waals surface area contributed by atoms with Gasteiger partial charge in [0, 0.05) is 0 Å². The zero-order chi connectivity index (χ0) is 17.8. The maximum Gasteiger partial charge on any atom is 0.221 e. The molecule has 1 aliphatic heterocycles. The third-order valence-electron chi connectivity index (χ3n) is 3.64. The lowest BCUT2D eigenvalue weighted by molar-refractivity contribution is -0.287. The summed E-state index contributed by atoms with van der Waals surface area (Å²) < 4.78 is 10.1. The van der Waals surface area contributed by atoms with Crippen molar-refractivity contribution in [1.82, 2.24) is 0 Å². The molecule has 0 bridgehead atoms. The second kappa shape index (κ2) is 8.39. The highest BCUT2D eigenvalue weighted by Crippen LogP contribution is 2.32. The lowest BCUT2D eigenvalue weighted by Crippen LogP contribution is -2.52. The smallest absolute Gasteiger partial charge is 0.221 e. The average molecular weight is 342 g/mol. The second-order valence-corrected chi connectivity index (χ2v) is 5.23. The van der Waals surface area contributed by atoms with E-state index in [1.807, 2.05) is 0 Å². The summed E-state index contributed by atoms with van der Waals surface area (Å²) in [4.78, 5) is 10.3. The third kappa shape index (κ3) is 4.22. The van der Waals surface area contributed by atoms with Crippen LogP contribution < -0.4 is 0 Å². The lowest BCUT2D eigenvalue weighted by atomic mass is 10.0. The molecule has 11 nitrogen and oxygen atoms in total. The van der Waals surface area contributed by atoms with Crippen molar-refractivity contribution in [2.45, 2.75) is 48.5 Å². The molecule has 0 aromatic heterocycles. The van der Waals surface area contributed by atoms with Crippen LogP contribution in [0.15, 0.2) is 0 Å². The van der Waals surface area contributed by atoms with E-state index in [0.29, 0.717) is 0 Å². The molecule has 0 saturated carbocycles. The highest BCUT2D eigenvalue weighted by molar-refractivity contribution is 5.56. The second-order valence-electron chi connectivity index (χ2n) is 5.23. The maximum absolute atomic E-state index is 10.3. The van der Waals surface area contributed by atoms with E-state index in [9.17, 15) is 35.4 Å². The highest BCUT2D eigenvalue weighted by atomic mass is 16.7. The predicted octanol–water partition coefficient (Wildman–Crippen LogP) is -5.55. The topological polar surface area (TPSA) is 197 Å². The van der Waals surface area contributed by atoms with Gasteiger partial charge in [-0.3, -0.25) is 0 Å². The van der Waals surface area contributed by atoms with Crippen LogP contribution in [0.4, 0.5) is 0 Å². The molecule has 8 atom stereocenters. The molecule has 1 saturated heterocycles. The van der Waals surface area contributed by atoms with Gasteiger partial charge in [-0.25, -0.2) is 0 Å². The van der Waals surface area contributed by atoms with Gasteiger partial charge in [-0.05, 0) is 0 Å². The monoisotopic (exact) mass is 342 g/mol. The minimum atomic E-state index is -2.15. The number of ether oxygens (including phenoxy) is 2. The summed E-state index contributed by atoms with van der Waals surface area (Å²) in [5, 5.41) is 75.5. The Morgan fingerprint density at radius 3 is 2.17 bits per heavy atom. The average Bonchev–Trinajstić information content (AvgIpc) is 2.82. The van der Waals surface area contributed by atoms with Crippen LogP contribution in [0.1, 0.15) is 0 Å². The van der Waals surface area contributed by atoms with E-state index in [2.05, 4.69) is 0 Å². The van der Waals surface area contributed by atoms with Crippen molar-refractivity contribution in [2.75, 3.05) is 19.8 Å². The van der Waals surface area contributed by atoms with Gasteiger partial charge in [0.05, 0.1) is 13.2 Å². The van der Waals surface area contributed by atoms with E-state index in [0.717, 1.165) is 0 Å². The summed E-state index contributed by atoms with van der Waals surface area (Å²) in [5.74, 6) is -2.15. The molecule has 0 aliphatic carbocycles. The number of aldehydes is 1. The Morgan fingerprint density at radius 2 is 1.74 bits per heavy atom. The molecule has 0 aromatic rings. The Bertz CT molecular complexity index is 380. The Morgan fingerprint density at radius 1 is 1.13 bits per heavy atom. The van der Waals surface area contributed by atoms with E-state index in [-0.39, 0.29) is 6.29 Å². The number of aliphatic hydroxyl groups is 8. The molecule has 0 spiro atoms. The SMILES string of the molecule is O=C[C@H](O)[C@@H](O)[C@H](O)[C@H](O)CO[C@@]1(CO)O[C@H](CO)[C@@H](O)[C@@H]1O. The van der Waals surface area contributed by atoms with Crippen molar-refractivity contribution in [3.63, 3.8) is 0 Å². The first-order chi connectivity index (χ1) is 10.7. The lowest BCUT2D eigenvalue weighted by Gasteiger charge is -2.32. The minimum absolute atomic E-state index is 0.0390. The Balaban J connectivity index is 2.69. The summed E-state index contributed by atoms with van der Waals surface area (Å²) in [6.07, 6.45) is -12.3. The predicted molar refractivity (Wildman–Crippen MR) is 69.8 cm³/mol. The van der Waals surface area contributed by atoms with Gasteiger partial charge in [0.2, 0.25) is 5.79 Å². The highest BCUT2D eigenvalue weighted by Gasteiger charge is 2.55. The fourth-order valence-electron chi connectivity index (χ4n) is 2.14. The number of hydrogen-bond acceptors (Lipinski definition) is 11. The van der Waals surface area contributed by atoms with Gasteiger partial charge in [-0.1, -0.05) is 0 Å². The number of aliphatic hydroxyl groups excluding tert-OH is 8. The Kier molecular flexibility index (Phi) is 7.41. The third-order valence-corrected chi connectivity index (χ3v) is 3.64. The van der Waals surface area contributed by atoms with Gasteiger partial charge in [-0.2, -0.15) is 0 Å². The molecule has 0 amide bonds. The molecule has 0 radical (unpaired) electrons. The molecule has 0 unspecified atom stereocenters. The van der Waals surface area contributed by atoms with Gasteiger partial charge in [-0.15, -0.1) is 0 Å². The first-order valence-electron chi connectivity index (χ1n) is 6.81. The van der Waals surface area contributed by atoms with E-state index in [1.54, 1.807) is 0 Å². The van der Waals surface area contributed by atoms with Gasteiger partial charge in [0.15, 0.2) is 6.29 Å². The quantitative estimate of drug-likeness (QED) is 0.186. The van der Waals surface area contributed by atoms with E-state index < -0.39 is 68.3 Å². The van der Waals surface area contributed by atoms with Gasteiger partial charge >= 0.3 is 0 Å². The molecule has 1 aliphatic rings. The Labute approximate surface area is 130 Å². The van der Waals surface area contributed by atoms with Crippen LogP contribution in [0.3, 0.4) is 0 Å². The van der Waals surface area contributed by atoms with Crippen LogP contribution in [0.2, 0.25) is 0 Å². The number of rotatable bonds is 9. The molecule has 11 heteroatoms. The fraction of sp³-hybridized carbons (Fsp3) is 0.917. The Hall–Kier alpha value is -0.730. The number of hydrogen-bond donors (Lipinski definition) is 8. The van der Waals surface area contributed by atoms with Crippen LogP contribution in [-0.4, -0.2) is 115 Å². The van der Waals surface area contributed by atoms with Crippen molar-refractivity contribution in [3.8, 4) is 0 Å². The zero-order valence-electron chi connectivity index (χ0n) is 12.0. The fourth-order valence-corrected chi connectivity index (χ4v) is 2.14. The molecule has 0 aromatic carbocycles. The van der Waals surface area contributed by atoms with Crippen LogP contribution in [0.25, 0.3) is 0 Å². The molecule has 23 heavy (non-hydrogen) atoms. The summed E-state index contributed by atoms with van der Waals surface area (Å²) in [5.41, 5.74) is 0. The normalized spacial score (nSPS) is 36.4. The van der Waals surface area contributed by atoms with Crippen LogP contribution in [-0.2, 0) is 14.3 Å². The molecular weight excluding hydrogens is 320 g/mol. The van der Waals surface area contributed by atoms with Gasteiger partial charge in [0.25, 0.3) is 0 Å². The largest absolute Gasteiger partial charge is 0.394 e. The molecule has 1 rings (SSSR count). The summed E-state index contributed by atoms with van der Waals surface area (Å²) in [6, 6.07) is 0. The van der Waals surface area contributed by atoms with Crippen molar-refractivity contribution >= 4 is 6.29 Å². The van der Waals surface area contributed by atoms with Crippen LogP contribution in [0.5, 0.6) is 0 Å². The van der Waals surface area contributed by atoms with Gasteiger partial charge in [0.1, 0.15) is 49.3 Å². The van der Waals surface area contributed by atoms with Crippen LogP contribution >= 0.6 is 0 Å². The standard InChI is InChI=1S/C12H22O11/c13-1-5(16)8(18)9(19)6(17)3-22-12(4-15)11(21)10(20)7(2-14)23-12/h1,5-11,14-21H,2-4H2/t5-,6+,7+,8+,9+,10+,11-,12-/m0/s1. The van der Waals surface area contributed by atoms with E-state index in [1.165, 1.54) is 0 Å². The molecular formula is C12H22O11. The maximum atomic E-state index is 10.3. The van der Waals surface area contributed by atoms with Crippen molar-refractivity contribution in [3.05, 3.63) is 0 Å². The molecule has 1 fully saturated rings.